The van der Waals surface area contributed by atoms with Gasteiger partial charge >= 0.3 is 6.03 Å². The number of hydrogen-bond acceptors (Lipinski definition) is 3. The number of hydrogen-bond donors (Lipinski definition) is 3. The largest absolute Gasteiger partial charge is 0.353 e. The lowest BCUT2D eigenvalue weighted by Crippen LogP contribution is -2.44. The average Bonchev–Trinajstić information content (AvgIpc) is 3.08. The van der Waals surface area contributed by atoms with E-state index in [2.05, 4.69) is 22.8 Å². The highest BCUT2D eigenvalue weighted by molar-refractivity contribution is 5.85. The van der Waals surface area contributed by atoms with E-state index in [0.717, 1.165) is 32.2 Å². The van der Waals surface area contributed by atoms with Gasteiger partial charge in [-0.3, -0.25) is 4.79 Å². The fourth-order valence-corrected chi connectivity index (χ4v) is 3.85. The molecule has 4 N–H and O–H groups in total. The second-order valence-corrected chi connectivity index (χ2v) is 7.02. The molecule has 2 aliphatic rings. The highest BCUT2D eigenvalue weighted by atomic mass is 35.5. The molecule has 1 saturated carbocycles. The van der Waals surface area contributed by atoms with Gasteiger partial charge in [0.05, 0.1) is 0 Å². The van der Waals surface area contributed by atoms with Crippen molar-refractivity contribution in [1.82, 2.24) is 15.5 Å². The van der Waals surface area contributed by atoms with Crippen LogP contribution in [0.1, 0.15) is 36.8 Å². The van der Waals surface area contributed by atoms with Gasteiger partial charge < -0.3 is 21.3 Å². The maximum absolute atomic E-state index is 12.3. The van der Waals surface area contributed by atoms with Crippen molar-refractivity contribution in [2.45, 2.75) is 44.7 Å². The fraction of sp³-hybridized carbons (Fsp3) is 0.579. The molecule has 0 spiro atoms. The van der Waals surface area contributed by atoms with Crippen molar-refractivity contribution in [3.63, 3.8) is 0 Å². The summed E-state index contributed by atoms with van der Waals surface area (Å²) in [7, 11) is 0. The first kappa shape index (κ1) is 20.5. The van der Waals surface area contributed by atoms with Gasteiger partial charge in [0.1, 0.15) is 0 Å². The van der Waals surface area contributed by atoms with Crippen LogP contribution in [0.5, 0.6) is 0 Å². The highest BCUT2D eigenvalue weighted by Gasteiger charge is 2.27. The third-order valence-corrected chi connectivity index (χ3v) is 5.35. The number of nitrogens with one attached hydrogen (secondary N) is 2. The quantitative estimate of drug-likeness (QED) is 0.728. The molecular weight excluding hydrogens is 352 g/mol. The summed E-state index contributed by atoms with van der Waals surface area (Å²) in [5.41, 5.74) is 8.26. The molecular formula is C19H29ClN4O2. The van der Waals surface area contributed by atoms with Gasteiger partial charge in [0.15, 0.2) is 0 Å². The molecule has 144 valence electrons. The van der Waals surface area contributed by atoms with E-state index in [9.17, 15) is 9.59 Å². The van der Waals surface area contributed by atoms with Crippen LogP contribution in [0.15, 0.2) is 24.3 Å². The third kappa shape index (κ3) is 5.11. The second kappa shape index (κ2) is 9.78. The summed E-state index contributed by atoms with van der Waals surface area (Å²) in [6, 6.07) is 8.33. The molecule has 2 unspecified atom stereocenters. The lowest BCUT2D eigenvalue weighted by molar-refractivity contribution is -0.121. The Morgan fingerprint density at radius 1 is 1.19 bits per heavy atom. The molecule has 2 atom stereocenters. The van der Waals surface area contributed by atoms with E-state index in [1.807, 2.05) is 17.0 Å². The molecule has 1 aliphatic heterocycles. The van der Waals surface area contributed by atoms with E-state index >= 15 is 0 Å². The topological polar surface area (TPSA) is 87.5 Å². The molecule has 26 heavy (non-hydrogen) atoms. The summed E-state index contributed by atoms with van der Waals surface area (Å²) in [6.45, 7) is 2.34. The minimum atomic E-state index is -0.0944. The van der Waals surface area contributed by atoms with Gasteiger partial charge in [-0.05, 0) is 42.9 Å². The SMILES string of the molecule is Cl.NCC1CCCC1NC(=O)CCNC(=O)N1CCc2ccccc2C1. The standard InChI is InChI=1S/C19H28N4O2.ClH/c20-12-15-6-3-7-17(15)22-18(24)8-10-21-19(25)23-11-9-14-4-1-2-5-16(14)13-23;/h1-2,4-5,15,17H,3,6-13,20H2,(H,21,25)(H,22,24);1H. The summed E-state index contributed by atoms with van der Waals surface area (Å²) in [4.78, 5) is 26.2. The first-order valence-corrected chi connectivity index (χ1v) is 9.26. The van der Waals surface area contributed by atoms with E-state index in [4.69, 9.17) is 5.73 Å². The smallest absolute Gasteiger partial charge is 0.317 e. The van der Waals surface area contributed by atoms with Gasteiger partial charge in [-0.1, -0.05) is 30.7 Å². The van der Waals surface area contributed by atoms with Crippen molar-refractivity contribution in [2.75, 3.05) is 19.6 Å². The number of nitrogens with zero attached hydrogens (tertiary/aromatic N) is 1. The lowest BCUT2D eigenvalue weighted by atomic mass is 10.0. The Kier molecular flexibility index (Phi) is 7.72. The Bertz CT molecular complexity index is 625. The molecule has 0 radical (unpaired) electrons. The number of urea groups is 1. The Balaban J connectivity index is 0.00000243. The number of carbonyl (C=O) groups excluding carboxylic acids is 2. The molecule has 1 aliphatic carbocycles. The van der Waals surface area contributed by atoms with Crippen molar-refractivity contribution in [1.29, 1.82) is 0 Å². The summed E-state index contributed by atoms with van der Waals surface area (Å²) >= 11 is 0. The number of amides is 3. The molecule has 0 bridgehead atoms. The first-order chi connectivity index (χ1) is 12.2. The van der Waals surface area contributed by atoms with Crippen LogP contribution in [-0.4, -0.2) is 42.5 Å². The molecule has 3 amide bonds. The van der Waals surface area contributed by atoms with E-state index in [1.165, 1.54) is 11.1 Å². The van der Waals surface area contributed by atoms with Gasteiger partial charge in [0.2, 0.25) is 5.91 Å². The number of halogens is 1. The van der Waals surface area contributed by atoms with Crippen LogP contribution in [0.25, 0.3) is 0 Å². The Morgan fingerprint density at radius 2 is 1.96 bits per heavy atom. The van der Waals surface area contributed by atoms with E-state index < -0.39 is 0 Å². The Morgan fingerprint density at radius 3 is 2.73 bits per heavy atom. The summed E-state index contributed by atoms with van der Waals surface area (Å²) < 4.78 is 0. The normalized spacial score (nSPS) is 21.5. The van der Waals surface area contributed by atoms with Gasteiger partial charge in [0, 0.05) is 32.1 Å². The van der Waals surface area contributed by atoms with Crippen LogP contribution >= 0.6 is 12.4 Å². The van der Waals surface area contributed by atoms with Crippen molar-refractivity contribution in [3.05, 3.63) is 35.4 Å². The molecule has 0 aromatic heterocycles. The van der Waals surface area contributed by atoms with Crippen LogP contribution in [0.4, 0.5) is 4.79 Å². The molecule has 1 aromatic rings. The number of nitrogens with two attached hydrogens (primary N) is 1. The van der Waals surface area contributed by atoms with Crippen molar-refractivity contribution in [3.8, 4) is 0 Å². The number of benzene rings is 1. The number of rotatable bonds is 5. The van der Waals surface area contributed by atoms with Crippen molar-refractivity contribution < 1.29 is 9.59 Å². The van der Waals surface area contributed by atoms with Gasteiger partial charge in [-0.2, -0.15) is 0 Å². The van der Waals surface area contributed by atoms with Gasteiger partial charge in [0.25, 0.3) is 0 Å². The van der Waals surface area contributed by atoms with Crippen LogP contribution in [0.2, 0.25) is 0 Å². The highest BCUT2D eigenvalue weighted by Crippen LogP contribution is 2.24. The zero-order valence-corrected chi connectivity index (χ0v) is 15.9. The zero-order valence-electron chi connectivity index (χ0n) is 15.1. The molecule has 0 saturated heterocycles. The zero-order chi connectivity index (χ0) is 17.6. The average molecular weight is 381 g/mol. The van der Waals surface area contributed by atoms with Gasteiger partial charge in [-0.15, -0.1) is 12.4 Å². The lowest BCUT2D eigenvalue weighted by Gasteiger charge is -2.29. The van der Waals surface area contributed by atoms with Crippen molar-refractivity contribution >= 4 is 24.3 Å². The molecule has 7 heteroatoms. The monoisotopic (exact) mass is 380 g/mol. The predicted octanol–water partition coefficient (Wildman–Crippen LogP) is 1.81. The maximum atomic E-state index is 12.3. The molecule has 1 aromatic carbocycles. The third-order valence-electron chi connectivity index (χ3n) is 5.35. The van der Waals surface area contributed by atoms with Gasteiger partial charge in [-0.25, -0.2) is 4.79 Å². The maximum Gasteiger partial charge on any atom is 0.317 e. The van der Waals surface area contributed by atoms with Crippen LogP contribution in [-0.2, 0) is 17.8 Å². The summed E-state index contributed by atoms with van der Waals surface area (Å²) in [6.07, 6.45) is 4.41. The summed E-state index contributed by atoms with van der Waals surface area (Å²) in [5, 5.41) is 5.93. The van der Waals surface area contributed by atoms with E-state index in [0.29, 0.717) is 32.0 Å². The minimum Gasteiger partial charge on any atom is -0.353 e. The van der Waals surface area contributed by atoms with E-state index in [-0.39, 0.29) is 30.4 Å². The van der Waals surface area contributed by atoms with Crippen LogP contribution in [0, 0.1) is 5.92 Å². The van der Waals surface area contributed by atoms with E-state index in [1.54, 1.807) is 0 Å². The Labute approximate surface area is 161 Å². The molecule has 1 heterocycles. The fourth-order valence-electron chi connectivity index (χ4n) is 3.85. The molecule has 6 nitrogen and oxygen atoms in total. The second-order valence-electron chi connectivity index (χ2n) is 7.02. The van der Waals surface area contributed by atoms with Crippen molar-refractivity contribution in [2.24, 2.45) is 11.7 Å². The number of fused-ring (bicyclic) bond motifs is 1. The van der Waals surface area contributed by atoms with Crippen LogP contribution < -0.4 is 16.4 Å². The summed E-state index contributed by atoms with van der Waals surface area (Å²) in [5.74, 6) is 0.390. The Hall–Kier alpha value is -1.79. The number of carbonyl (C=O) groups is 2. The van der Waals surface area contributed by atoms with Crippen LogP contribution in [0.3, 0.4) is 0 Å². The predicted molar refractivity (Wildman–Crippen MR) is 104 cm³/mol. The molecule has 3 rings (SSSR count). The first-order valence-electron chi connectivity index (χ1n) is 9.26. The minimum absolute atomic E-state index is 0. The molecule has 1 fully saturated rings.